The Hall–Kier alpha value is 0.270. The molecule has 3 rings (SSSR count). The van der Waals surface area contributed by atoms with Gasteiger partial charge in [0.05, 0.1) is 5.60 Å². The molecule has 4 unspecified atom stereocenters. The topological polar surface area (TPSA) is 21.3 Å². The van der Waals surface area contributed by atoms with Crippen LogP contribution in [-0.2, 0) is 4.74 Å². The second-order valence-corrected chi connectivity index (χ2v) is 8.27. The molecule has 0 bridgehead atoms. The van der Waals surface area contributed by atoms with Crippen molar-refractivity contribution < 1.29 is 4.74 Å². The predicted molar refractivity (Wildman–Crippen MR) is 87.4 cm³/mol. The second kappa shape index (κ2) is 7.02. The van der Waals surface area contributed by atoms with E-state index in [1.165, 1.54) is 69.4 Å². The Bertz CT molecular complexity index is 303. The van der Waals surface area contributed by atoms with Crippen LogP contribution < -0.4 is 5.32 Å². The zero-order chi connectivity index (χ0) is 13.8. The van der Waals surface area contributed by atoms with E-state index in [1.807, 2.05) is 0 Å². The Morgan fingerprint density at radius 2 is 2.20 bits per heavy atom. The minimum Gasteiger partial charge on any atom is -0.374 e. The summed E-state index contributed by atoms with van der Waals surface area (Å²) < 4.78 is 6.20. The van der Waals surface area contributed by atoms with Crippen LogP contribution >= 0.6 is 11.8 Å². The highest BCUT2D eigenvalue weighted by molar-refractivity contribution is 7.99. The van der Waals surface area contributed by atoms with Crippen LogP contribution in [0.15, 0.2) is 0 Å². The van der Waals surface area contributed by atoms with E-state index in [0.29, 0.717) is 0 Å². The third kappa shape index (κ3) is 3.53. The maximum absolute atomic E-state index is 6.20. The van der Waals surface area contributed by atoms with Gasteiger partial charge in [-0.05, 0) is 62.7 Å². The van der Waals surface area contributed by atoms with E-state index in [2.05, 4.69) is 24.0 Å². The summed E-state index contributed by atoms with van der Waals surface area (Å²) in [5.74, 6) is 4.48. The van der Waals surface area contributed by atoms with Gasteiger partial charge in [0.25, 0.3) is 0 Å². The maximum atomic E-state index is 6.20. The summed E-state index contributed by atoms with van der Waals surface area (Å²) in [5, 5.41) is 3.77. The molecule has 20 heavy (non-hydrogen) atoms. The molecule has 3 aliphatic rings. The van der Waals surface area contributed by atoms with Crippen LogP contribution in [0.5, 0.6) is 0 Å². The molecule has 1 N–H and O–H groups in total. The lowest BCUT2D eigenvalue weighted by Gasteiger charge is -2.43. The number of nitrogens with one attached hydrogen (secondary N) is 1. The lowest BCUT2D eigenvalue weighted by atomic mass is 9.71. The Labute approximate surface area is 128 Å². The summed E-state index contributed by atoms with van der Waals surface area (Å²) >= 11 is 2.10. The van der Waals surface area contributed by atoms with Crippen LogP contribution in [-0.4, -0.2) is 36.3 Å². The molecule has 0 amide bonds. The summed E-state index contributed by atoms with van der Waals surface area (Å²) in [6, 6.07) is 0.797. The van der Waals surface area contributed by atoms with E-state index < -0.39 is 0 Å². The first-order chi connectivity index (χ1) is 9.81. The third-order valence-electron chi connectivity index (χ3n) is 5.66. The molecule has 2 nitrogen and oxygen atoms in total. The zero-order valence-electron chi connectivity index (χ0n) is 13.0. The molecule has 0 aromatic carbocycles. The van der Waals surface area contributed by atoms with E-state index in [1.54, 1.807) is 0 Å². The zero-order valence-corrected chi connectivity index (χ0v) is 13.9. The van der Waals surface area contributed by atoms with Crippen LogP contribution in [0.4, 0.5) is 0 Å². The van der Waals surface area contributed by atoms with Gasteiger partial charge in [-0.25, -0.2) is 0 Å². The van der Waals surface area contributed by atoms with Gasteiger partial charge in [0.2, 0.25) is 0 Å². The number of hydrogen-bond donors (Lipinski definition) is 1. The first-order valence-electron chi connectivity index (χ1n) is 8.76. The van der Waals surface area contributed by atoms with Crippen molar-refractivity contribution in [1.29, 1.82) is 0 Å². The van der Waals surface area contributed by atoms with Crippen molar-refractivity contribution in [2.45, 2.75) is 69.9 Å². The molecule has 2 aliphatic heterocycles. The van der Waals surface area contributed by atoms with Crippen molar-refractivity contribution in [2.24, 2.45) is 11.8 Å². The summed E-state index contributed by atoms with van der Waals surface area (Å²) in [6.45, 7) is 4.49. The van der Waals surface area contributed by atoms with E-state index >= 15 is 0 Å². The monoisotopic (exact) mass is 297 g/mol. The quantitative estimate of drug-likeness (QED) is 0.851. The summed E-state index contributed by atoms with van der Waals surface area (Å²) in [7, 11) is 0. The SMILES string of the molecule is CCCNC1CCCC(C2CCOC3(CCSC3)C2)C1. The number of hydrogen-bond acceptors (Lipinski definition) is 3. The molecule has 1 saturated carbocycles. The first-order valence-corrected chi connectivity index (χ1v) is 9.92. The van der Waals surface area contributed by atoms with Crippen molar-refractivity contribution in [2.75, 3.05) is 24.7 Å². The summed E-state index contributed by atoms with van der Waals surface area (Å²) in [4.78, 5) is 0. The Kier molecular flexibility index (Phi) is 5.33. The Morgan fingerprint density at radius 1 is 1.25 bits per heavy atom. The summed E-state index contributed by atoms with van der Waals surface area (Å²) in [5.41, 5.74) is 0.275. The van der Waals surface area contributed by atoms with Gasteiger partial charge >= 0.3 is 0 Å². The molecule has 116 valence electrons. The molecule has 3 fully saturated rings. The van der Waals surface area contributed by atoms with Crippen LogP contribution in [0.1, 0.15) is 58.3 Å². The molecule has 2 heterocycles. The lowest BCUT2D eigenvalue weighted by Crippen LogP contribution is -2.44. The fourth-order valence-corrected chi connectivity index (χ4v) is 5.90. The number of rotatable bonds is 4. The van der Waals surface area contributed by atoms with Crippen LogP contribution in [0.2, 0.25) is 0 Å². The molecular formula is C17H31NOS. The fourth-order valence-electron chi connectivity index (χ4n) is 4.52. The highest BCUT2D eigenvalue weighted by Crippen LogP contribution is 2.45. The van der Waals surface area contributed by atoms with Crippen LogP contribution in [0.3, 0.4) is 0 Å². The maximum Gasteiger partial charge on any atom is 0.0783 e. The molecule has 3 heteroatoms. The molecule has 4 atom stereocenters. The van der Waals surface area contributed by atoms with Gasteiger partial charge in [-0.1, -0.05) is 19.8 Å². The standard InChI is InChI=1S/C17H31NOS/c1-2-8-18-16-5-3-4-14(11-16)15-6-9-19-17(12-15)7-10-20-13-17/h14-16,18H,2-13H2,1H3. The van der Waals surface area contributed by atoms with E-state index in [-0.39, 0.29) is 5.60 Å². The molecule has 2 saturated heterocycles. The van der Waals surface area contributed by atoms with Gasteiger partial charge < -0.3 is 10.1 Å². The Morgan fingerprint density at radius 3 is 3.00 bits per heavy atom. The van der Waals surface area contributed by atoms with Crippen LogP contribution in [0.25, 0.3) is 0 Å². The van der Waals surface area contributed by atoms with Crippen molar-refractivity contribution in [3.63, 3.8) is 0 Å². The van der Waals surface area contributed by atoms with Gasteiger partial charge in [-0.3, -0.25) is 0 Å². The molecule has 0 radical (unpaired) electrons. The third-order valence-corrected chi connectivity index (χ3v) is 6.89. The first kappa shape index (κ1) is 15.2. The lowest BCUT2D eigenvalue weighted by molar-refractivity contribution is -0.0923. The largest absolute Gasteiger partial charge is 0.374 e. The number of ether oxygens (including phenoxy) is 1. The fraction of sp³-hybridized carbons (Fsp3) is 1.00. The van der Waals surface area contributed by atoms with E-state index in [9.17, 15) is 0 Å². The molecular weight excluding hydrogens is 266 g/mol. The van der Waals surface area contributed by atoms with Crippen molar-refractivity contribution in [3.8, 4) is 0 Å². The normalized spacial score (nSPS) is 42.1. The summed E-state index contributed by atoms with van der Waals surface area (Å²) in [6.07, 6.45) is 11.0. The van der Waals surface area contributed by atoms with E-state index in [4.69, 9.17) is 4.74 Å². The van der Waals surface area contributed by atoms with E-state index in [0.717, 1.165) is 24.5 Å². The number of thioether (sulfide) groups is 1. The van der Waals surface area contributed by atoms with Crippen molar-refractivity contribution in [1.82, 2.24) is 5.32 Å². The van der Waals surface area contributed by atoms with Gasteiger partial charge in [0.1, 0.15) is 0 Å². The highest BCUT2D eigenvalue weighted by atomic mass is 32.2. The average molecular weight is 298 g/mol. The van der Waals surface area contributed by atoms with Gasteiger partial charge in [-0.15, -0.1) is 0 Å². The van der Waals surface area contributed by atoms with Gasteiger partial charge in [0, 0.05) is 18.4 Å². The smallest absolute Gasteiger partial charge is 0.0783 e. The molecule has 0 aromatic heterocycles. The average Bonchev–Trinajstić information content (AvgIpc) is 2.93. The molecule has 0 aromatic rings. The minimum absolute atomic E-state index is 0.275. The Balaban J connectivity index is 1.54. The van der Waals surface area contributed by atoms with Crippen molar-refractivity contribution >= 4 is 11.8 Å². The minimum atomic E-state index is 0.275. The molecule has 1 spiro atoms. The van der Waals surface area contributed by atoms with Crippen LogP contribution in [0, 0.1) is 11.8 Å². The predicted octanol–water partition coefficient (Wildman–Crippen LogP) is 3.85. The van der Waals surface area contributed by atoms with Gasteiger partial charge in [-0.2, -0.15) is 11.8 Å². The molecule has 1 aliphatic carbocycles. The van der Waals surface area contributed by atoms with Crippen molar-refractivity contribution in [3.05, 3.63) is 0 Å². The highest BCUT2D eigenvalue weighted by Gasteiger charge is 2.43. The van der Waals surface area contributed by atoms with Gasteiger partial charge in [0.15, 0.2) is 0 Å². The second-order valence-electron chi connectivity index (χ2n) is 7.16.